The lowest BCUT2D eigenvalue weighted by atomic mass is 10.0. The van der Waals surface area contributed by atoms with Crippen LogP contribution in [0.15, 0.2) is 23.4 Å². The van der Waals surface area contributed by atoms with E-state index in [9.17, 15) is 4.91 Å². The Kier molecular flexibility index (Phi) is 4.63. The summed E-state index contributed by atoms with van der Waals surface area (Å²) < 4.78 is 0. The highest BCUT2D eigenvalue weighted by Gasteiger charge is 2.18. The van der Waals surface area contributed by atoms with Crippen LogP contribution in [0.5, 0.6) is 0 Å². The lowest BCUT2D eigenvalue weighted by molar-refractivity contribution is 0.229. The van der Waals surface area contributed by atoms with E-state index >= 15 is 0 Å². The third-order valence-electron chi connectivity index (χ3n) is 3.69. The van der Waals surface area contributed by atoms with Crippen molar-refractivity contribution in [3.63, 3.8) is 0 Å². The van der Waals surface area contributed by atoms with Gasteiger partial charge in [-0.15, -0.1) is 4.91 Å². The Balaban J connectivity index is 2.06. The fourth-order valence-corrected chi connectivity index (χ4v) is 2.47. The van der Waals surface area contributed by atoms with Gasteiger partial charge in [0, 0.05) is 36.6 Å². The molecule has 2 N–H and O–H groups in total. The SMILES string of the molecule is CCN1CCC(Nc2cc(N=O)ccc2C=N)CC1. The molecule has 0 aliphatic carbocycles. The monoisotopic (exact) mass is 260 g/mol. The van der Waals surface area contributed by atoms with Gasteiger partial charge in [0.15, 0.2) is 0 Å². The van der Waals surface area contributed by atoms with Crippen molar-refractivity contribution >= 4 is 17.6 Å². The maximum Gasteiger partial charge on any atom is 0.110 e. The first-order chi connectivity index (χ1) is 9.26. The number of rotatable bonds is 5. The molecular weight excluding hydrogens is 240 g/mol. The molecule has 0 atom stereocenters. The predicted molar refractivity (Wildman–Crippen MR) is 78.5 cm³/mol. The topological polar surface area (TPSA) is 68.6 Å². The number of likely N-dealkylation sites (tertiary alicyclic amines) is 1. The predicted octanol–water partition coefficient (Wildman–Crippen LogP) is 2.98. The molecule has 0 bridgehead atoms. The third-order valence-corrected chi connectivity index (χ3v) is 3.69. The van der Waals surface area contributed by atoms with Crippen molar-refractivity contribution in [3.05, 3.63) is 28.7 Å². The van der Waals surface area contributed by atoms with Crippen LogP contribution in [0.1, 0.15) is 25.3 Å². The van der Waals surface area contributed by atoms with Gasteiger partial charge in [0.2, 0.25) is 0 Å². The number of nitrogens with one attached hydrogen (secondary N) is 2. The summed E-state index contributed by atoms with van der Waals surface area (Å²) in [6.07, 6.45) is 3.48. The molecule has 1 saturated heterocycles. The lowest BCUT2D eigenvalue weighted by Gasteiger charge is -2.32. The van der Waals surface area contributed by atoms with Crippen LogP contribution in [0, 0.1) is 10.3 Å². The number of nitrogens with zero attached hydrogens (tertiary/aromatic N) is 2. The number of hydrogen-bond acceptors (Lipinski definition) is 5. The number of piperidine rings is 1. The first-order valence-corrected chi connectivity index (χ1v) is 6.73. The van der Waals surface area contributed by atoms with Gasteiger partial charge in [0.1, 0.15) is 5.69 Å². The van der Waals surface area contributed by atoms with Gasteiger partial charge >= 0.3 is 0 Å². The van der Waals surface area contributed by atoms with Crippen LogP contribution in [0.25, 0.3) is 0 Å². The normalized spacial score (nSPS) is 17.1. The van der Waals surface area contributed by atoms with E-state index in [1.807, 2.05) is 0 Å². The van der Waals surface area contributed by atoms with Crippen LogP contribution >= 0.6 is 0 Å². The fourth-order valence-electron chi connectivity index (χ4n) is 2.47. The molecule has 102 valence electrons. The molecule has 19 heavy (non-hydrogen) atoms. The van der Waals surface area contributed by atoms with Gasteiger partial charge in [-0.1, -0.05) is 6.92 Å². The molecular formula is C14H20N4O. The summed E-state index contributed by atoms with van der Waals surface area (Å²) in [5.41, 5.74) is 2.03. The average Bonchev–Trinajstić information content (AvgIpc) is 2.48. The molecule has 0 radical (unpaired) electrons. The smallest absolute Gasteiger partial charge is 0.110 e. The van der Waals surface area contributed by atoms with Crippen LogP contribution in [-0.2, 0) is 0 Å². The summed E-state index contributed by atoms with van der Waals surface area (Å²) in [7, 11) is 0. The minimum absolute atomic E-state index is 0.402. The average molecular weight is 260 g/mol. The second-order valence-electron chi connectivity index (χ2n) is 4.86. The van der Waals surface area contributed by atoms with Gasteiger partial charge in [-0.05, 0) is 42.8 Å². The zero-order valence-electron chi connectivity index (χ0n) is 11.2. The summed E-state index contributed by atoms with van der Waals surface area (Å²) in [5, 5.41) is 13.8. The van der Waals surface area contributed by atoms with Crippen LogP contribution in [0.2, 0.25) is 0 Å². The molecule has 0 aromatic heterocycles. The summed E-state index contributed by atoms with van der Waals surface area (Å²) in [6, 6.07) is 5.52. The molecule has 5 heteroatoms. The van der Waals surface area contributed by atoms with E-state index in [1.165, 1.54) is 6.21 Å². The van der Waals surface area contributed by atoms with E-state index in [4.69, 9.17) is 5.41 Å². The van der Waals surface area contributed by atoms with Crippen molar-refractivity contribution in [2.45, 2.75) is 25.8 Å². The van der Waals surface area contributed by atoms with E-state index < -0.39 is 0 Å². The van der Waals surface area contributed by atoms with Gasteiger partial charge in [0.05, 0.1) is 0 Å². The van der Waals surface area contributed by atoms with Gasteiger partial charge in [-0.3, -0.25) is 0 Å². The Morgan fingerprint density at radius 3 is 2.79 bits per heavy atom. The maximum atomic E-state index is 10.6. The van der Waals surface area contributed by atoms with E-state index in [0.29, 0.717) is 11.7 Å². The Morgan fingerprint density at radius 1 is 1.47 bits per heavy atom. The maximum absolute atomic E-state index is 10.6. The standard InChI is InChI=1S/C14H20N4O/c1-2-18-7-5-12(6-8-18)16-14-9-13(17-19)4-3-11(14)10-15/h3-4,9-10,12,15-16H,2,5-8H2,1H3. The number of anilines is 1. The van der Waals surface area contributed by atoms with Crippen molar-refractivity contribution in [2.75, 3.05) is 25.0 Å². The van der Waals surface area contributed by atoms with Crippen LogP contribution in [0.4, 0.5) is 11.4 Å². The van der Waals surface area contributed by atoms with Crippen LogP contribution in [-0.4, -0.2) is 36.8 Å². The zero-order chi connectivity index (χ0) is 13.7. The van der Waals surface area contributed by atoms with Gasteiger partial charge < -0.3 is 15.6 Å². The van der Waals surface area contributed by atoms with Crippen molar-refractivity contribution in [3.8, 4) is 0 Å². The summed E-state index contributed by atoms with van der Waals surface area (Å²) in [4.78, 5) is 13.0. The molecule has 1 aromatic rings. The Morgan fingerprint density at radius 2 is 2.21 bits per heavy atom. The Bertz CT molecular complexity index is 453. The van der Waals surface area contributed by atoms with Crippen LogP contribution < -0.4 is 5.32 Å². The third kappa shape index (κ3) is 3.38. The van der Waals surface area contributed by atoms with Crippen molar-refractivity contribution in [2.24, 2.45) is 5.18 Å². The quantitative estimate of drug-likeness (QED) is 0.631. The number of nitroso groups, excluding NO2 is 1. The molecule has 1 fully saturated rings. The first-order valence-electron chi connectivity index (χ1n) is 6.73. The van der Waals surface area contributed by atoms with Gasteiger partial charge in [-0.2, -0.15) is 0 Å². The van der Waals surface area contributed by atoms with Gasteiger partial charge in [0.25, 0.3) is 0 Å². The molecule has 5 nitrogen and oxygen atoms in total. The second kappa shape index (κ2) is 6.43. The van der Waals surface area contributed by atoms with E-state index in [0.717, 1.165) is 43.7 Å². The van der Waals surface area contributed by atoms with E-state index in [-0.39, 0.29) is 0 Å². The van der Waals surface area contributed by atoms with Crippen LogP contribution in [0.3, 0.4) is 0 Å². The van der Waals surface area contributed by atoms with Crippen molar-refractivity contribution < 1.29 is 0 Å². The van der Waals surface area contributed by atoms with Crippen molar-refractivity contribution in [1.29, 1.82) is 5.41 Å². The lowest BCUT2D eigenvalue weighted by Crippen LogP contribution is -2.39. The minimum Gasteiger partial charge on any atom is -0.382 e. The highest BCUT2D eigenvalue weighted by atomic mass is 16.3. The first kappa shape index (κ1) is 13.7. The molecule has 2 rings (SSSR count). The summed E-state index contributed by atoms with van der Waals surface area (Å²) in [5.74, 6) is 0. The molecule has 1 aliphatic heterocycles. The second-order valence-corrected chi connectivity index (χ2v) is 4.86. The largest absolute Gasteiger partial charge is 0.382 e. The molecule has 1 aliphatic rings. The number of benzene rings is 1. The highest BCUT2D eigenvalue weighted by molar-refractivity contribution is 5.87. The zero-order valence-corrected chi connectivity index (χ0v) is 11.2. The molecule has 0 saturated carbocycles. The van der Waals surface area contributed by atoms with E-state index in [2.05, 4.69) is 22.3 Å². The Hall–Kier alpha value is -1.75. The fraction of sp³-hybridized carbons (Fsp3) is 0.500. The molecule has 0 spiro atoms. The molecule has 0 unspecified atom stereocenters. The van der Waals surface area contributed by atoms with Crippen molar-refractivity contribution in [1.82, 2.24) is 4.90 Å². The molecule has 1 aromatic carbocycles. The summed E-state index contributed by atoms with van der Waals surface area (Å²) in [6.45, 7) is 5.47. The number of hydrogen-bond donors (Lipinski definition) is 2. The highest BCUT2D eigenvalue weighted by Crippen LogP contribution is 2.24. The van der Waals surface area contributed by atoms with Gasteiger partial charge in [-0.25, -0.2) is 0 Å². The molecule has 1 heterocycles. The van der Waals surface area contributed by atoms with E-state index in [1.54, 1.807) is 18.2 Å². The molecule has 0 amide bonds. The minimum atomic E-state index is 0.402. The summed E-state index contributed by atoms with van der Waals surface area (Å²) >= 11 is 0. The Labute approximate surface area is 113 Å².